The molecule has 0 bridgehead atoms. The van der Waals surface area contributed by atoms with E-state index in [1.807, 2.05) is 24.3 Å². The second-order valence-corrected chi connectivity index (χ2v) is 9.69. The third kappa shape index (κ3) is 6.34. The molecule has 0 amide bonds. The van der Waals surface area contributed by atoms with Crippen molar-refractivity contribution < 1.29 is 12.8 Å². The lowest BCUT2D eigenvalue weighted by atomic mass is 10.1. The Balaban J connectivity index is 1.51. The van der Waals surface area contributed by atoms with E-state index in [2.05, 4.69) is 20.5 Å². The average molecular weight is 433 g/mol. The summed E-state index contributed by atoms with van der Waals surface area (Å²) in [5, 5.41) is 6.77. The van der Waals surface area contributed by atoms with Gasteiger partial charge in [-0.2, -0.15) is 0 Å². The van der Waals surface area contributed by atoms with Crippen molar-refractivity contribution in [2.24, 2.45) is 4.99 Å². The van der Waals surface area contributed by atoms with E-state index in [1.54, 1.807) is 25.4 Å². The largest absolute Gasteiger partial charge is 0.468 e. The van der Waals surface area contributed by atoms with Crippen molar-refractivity contribution in [3.63, 3.8) is 0 Å². The Morgan fingerprint density at radius 1 is 1.13 bits per heavy atom. The minimum Gasteiger partial charge on any atom is -0.468 e. The number of aliphatic imine (C=N–C) groups is 1. The zero-order chi connectivity index (χ0) is 21.4. The van der Waals surface area contributed by atoms with E-state index in [1.165, 1.54) is 25.5 Å². The Bertz CT molecular complexity index is 902. The Hall–Kier alpha value is -2.32. The van der Waals surface area contributed by atoms with Gasteiger partial charge in [0.25, 0.3) is 0 Å². The molecule has 30 heavy (non-hydrogen) atoms. The van der Waals surface area contributed by atoms with E-state index < -0.39 is 9.84 Å². The zero-order valence-corrected chi connectivity index (χ0v) is 18.6. The average Bonchev–Trinajstić information content (AvgIpc) is 3.27. The van der Waals surface area contributed by atoms with Crippen LogP contribution < -0.4 is 10.6 Å². The maximum Gasteiger partial charge on any atom is 0.191 e. The highest BCUT2D eigenvalue weighted by Gasteiger charge is 2.24. The molecule has 0 aliphatic carbocycles. The summed E-state index contributed by atoms with van der Waals surface area (Å²) in [6.07, 6.45) is 7.47. The first kappa shape index (κ1) is 22.4. The SMILES string of the molecule is CN=C(NCCc1ccc(S(C)(=O)=O)cc1)NCC(c1ccco1)N1CCCCC1. The van der Waals surface area contributed by atoms with E-state index in [-0.39, 0.29) is 6.04 Å². The molecule has 7 nitrogen and oxygen atoms in total. The number of guanidine groups is 1. The summed E-state index contributed by atoms with van der Waals surface area (Å²) in [6.45, 7) is 3.59. The summed E-state index contributed by atoms with van der Waals surface area (Å²) < 4.78 is 28.8. The molecule has 3 rings (SSSR count). The van der Waals surface area contributed by atoms with Crippen LogP contribution >= 0.6 is 0 Å². The van der Waals surface area contributed by atoms with E-state index in [4.69, 9.17) is 4.42 Å². The highest BCUT2D eigenvalue weighted by Crippen LogP contribution is 2.24. The number of nitrogens with zero attached hydrogens (tertiary/aromatic N) is 2. The van der Waals surface area contributed by atoms with Gasteiger partial charge >= 0.3 is 0 Å². The Morgan fingerprint density at radius 2 is 1.87 bits per heavy atom. The zero-order valence-electron chi connectivity index (χ0n) is 17.8. The first-order valence-electron chi connectivity index (χ1n) is 10.5. The summed E-state index contributed by atoms with van der Waals surface area (Å²) in [4.78, 5) is 7.15. The maximum atomic E-state index is 11.6. The fourth-order valence-electron chi connectivity index (χ4n) is 3.76. The van der Waals surface area contributed by atoms with Gasteiger partial charge < -0.3 is 15.1 Å². The van der Waals surface area contributed by atoms with Gasteiger partial charge in [0.05, 0.1) is 17.2 Å². The minimum absolute atomic E-state index is 0.183. The number of piperidine rings is 1. The van der Waals surface area contributed by atoms with Gasteiger partial charge in [-0.15, -0.1) is 0 Å². The third-order valence-electron chi connectivity index (χ3n) is 5.45. The molecular formula is C22H32N4O3S. The number of hydrogen-bond donors (Lipinski definition) is 2. The molecule has 164 valence electrons. The summed E-state index contributed by atoms with van der Waals surface area (Å²) in [5.41, 5.74) is 1.08. The quantitative estimate of drug-likeness (QED) is 0.493. The number of benzene rings is 1. The summed E-state index contributed by atoms with van der Waals surface area (Å²) in [6, 6.07) is 11.2. The van der Waals surface area contributed by atoms with Gasteiger partial charge in [-0.05, 0) is 62.2 Å². The first-order chi connectivity index (χ1) is 14.5. The smallest absolute Gasteiger partial charge is 0.191 e. The summed E-state index contributed by atoms with van der Waals surface area (Å²) in [5.74, 6) is 1.72. The first-order valence-corrected chi connectivity index (χ1v) is 12.4. The van der Waals surface area contributed by atoms with Gasteiger partial charge in [0.2, 0.25) is 0 Å². The van der Waals surface area contributed by atoms with Crippen LogP contribution in [-0.4, -0.2) is 58.8 Å². The van der Waals surface area contributed by atoms with Crippen molar-refractivity contribution >= 4 is 15.8 Å². The minimum atomic E-state index is -3.16. The van der Waals surface area contributed by atoms with Crippen LogP contribution in [0.25, 0.3) is 0 Å². The van der Waals surface area contributed by atoms with Crippen molar-refractivity contribution in [3.05, 3.63) is 54.0 Å². The lowest BCUT2D eigenvalue weighted by molar-refractivity contribution is 0.146. The number of rotatable bonds is 8. The summed E-state index contributed by atoms with van der Waals surface area (Å²) in [7, 11) is -1.39. The highest BCUT2D eigenvalue weighted by atomic mass is 32.2. The second kappa shape index (κ2) is 10.6. The molecular weight excluding hydrogens is 400 g/mol. The van der Waals surface area contributed by atoms with Crippen molar-refractivity contribution in [1.82, 2.24) is 15.5 Å². The second-order valence-electron chi connectivity index (χ2n) is 7.67. The van der Waals surface area contributed by atoms with Crippen LogP contribution in [0.5, 0.6) is 0 Å². The van der Waals surface area contributed by atoms with Crippen LogP contribution in [0, 0.1) is 0 Å². The van der Waals surface area contributed by atoms with Crippen LogP contribution in [0.2, 0.25) is 0 Å². The normalized spacial score (nSPS) is 16.9. The Morgan fingerprint density at radius 3 is 2.47 bits per heavy atom. The van der Waals surface area contributed by atoms with Gasteiger partial charge in [-0.25, -0.2) is 8.42 Å². The van der Waals surface area contributed by atoms with Crippen LogP contribution in [-0.2, 0) is 16.3 Å². The van der Waals surface area contributed by atoms with E-state index in [0.717, 1.165) is 43.3 Å². The van der Waals surface area contributed by atoms with Crippen molar-refractivity contribution in [3.8, 4) is 0 Å². The van der Waals surface area contributed by atoms with Crippen LogP contribution in [0.15, 0.2) is 57.0 Å². The van der Waals surface area contributed by atoms with Crippen LogP contribution in [0.3, 0.4) is 0 Å². The molecule has 8 heteroatoms. The highest BCUT2D eigenvalue weighted by molar-refractivity contribution is 7.90. The molecule has 2 aromatic rings. The number of furan rings is 1. The Kier molecular flexibility index (Phi) is 7.93. The molecule has 0 saturated carbocycles. The van der Waals surface area contributed by atoms with Crippen molar-refractivity contribution in [1.29, 1.82) is 0 Å². The monoisotopic (exact) mass is 432 g/mol. The molecule has 2 N–H and O–H groups in total. The molecule has 1 aromatic carbocycles. The van der Waals surface area contributed by atoms with Crippen molar-refractivity contribution in [2.45, 2.75) is 36.6 Å². The molecule has 1 unspecified atom stereocenters. The van der Waals surface area contributed by atoms with E-state index in [9.17, 15) is 8.42 Å². The molecule has 1 saturated heterocycles. The van der Waals surface area contributed by atoms with Crippen molar-refractivity contribution in [2.75, 3.05) is 39.5 Å². The topological polar surface area (TPSA) is 86.9 Å². The molecule has 2 heterocycles. The molecule has 1 fully saturated rings. The van der Waals surface area contributed by atoms with E-state index in [0.29, 0.717) is 11.4 Å². The lowest BCUT2D eigenvalue weighted by Crippen LogP contribution is -2.44. The summed E-state index contributed by atoms with van der Waals surface area (Å²) >= 11 is 0. The predicted octanol–water partition coefficient (Wildman–Crippen LogP) is 2.62. The molecule has 1 atom stereocenters. The van der Waals surface area contributed by atoms with Gasteiger partial charge in [-0.3, -0.25) is 9.89 Å². The van der Waals surface area contributed by atoms with Crippen LogP contribution in [0.4, 0.5) is 0 Å². The number of hydrogen-bond acceptors (Lipinski definition) is 5. The molecule has 1 aromatic heterocycles. The predicted molar refractivity (Wildman–Crippen MR) is 119 cm³/mol. The molecule has 0 radical (unpaired) electrons. The maximum absolute atomic E-state index is 11.6. The van der Waals surface area contributed by atoms with E-state index >= 15 is 0 Å². The molecule has 0 spiro atoms. The Labute approximate surface area is 179 Å². The lowest BCUT2D eigenvalue weighted by Gasteiger charge is -2.33. The van der Waals surface area contributed by atoms with Gasteiger partial charge in [0.1, 0.15) is 5.76 Å². The van der Waals surface area contributed by atoms with Crippen LogP contribution in [0.1, 0.15) is 36.6 Å². The fourth-order valence-corrected chi connectivity index (χ4v) is 4.39. The molecule has 1 aliphatic rings. The fraction of sp³-hybridized carbons (Fsp3) is 0.500. The van der Waals surface area contributed by atoms with Gasteiger partial charge in [0, 0.05) is 26.4 Å². The van der Waals surface area contributed by atoms with Gasteiger partial charge in [0.15, 0.2) is 15.8 Å². The number of nitrogens with one attached hydrogen (secondary N) is 2. The third-order valence-corrected chi connectivity index (χ3v) is 6.58. The molecule has 1 aliphatic heterocycles. The van der Waals surface area contributed by atoms with Gasteiger partial charge in [-0.1, -0.05) is 18.6 Å². The standard InChI is InChI=1S/C22H32N4O3S/c1-23-22(24-13-12-18-8-10-19(11-9-18)30(2,27)28)25-17-20(21-7-6-16-29-21)26-14-4-3-5-15-26/h6-11,16,20H,3-5,12-15,17H2,1-2H3,(H2,23,24,25). The number of sulfone groups is 1. The number of likely N-dealkylation sites (tertiary alicyclic amines) is 1.